The number of nitrogens with two attached hydrogens (primary N) is 1. The lowest BCUT2D eigenvalue weighted by atomic mass is 10.4. The molecule has 3 N–H and O–H groups in total. The van der Waals surface area contributed by atoms with Crippen molar-refractivity contribution in [1.82, 2.24) is 4.98 Å². The van der Waals surface area contributed by atoms with E-state index in [0.717, 1.165) is 11.3 Å². The van der Waals surface area contributed by atoms with Crippen LogP contribution < -0.4 is 11.1 Å². The van der Waals surface area contributed by atoms with Crippen LogP contribution in [-0.2, 0) is 0 Å². The molecule has 2 aromatic rings. The third kappa shape index (κ3) is 2.26. The van der Waals surface area contributed by atoms with Crippen LogP contribution in [0.1, 0.15) is 20.2 Å². The Bertz CT molecular complexity index is 519. The zero-order chi connectivity index (χ0) is 11.5. The highest BCUT2D eigenvalue weighted by molar-refractivity contribution is 7.14. The largest absolute Gasteiger partial charge is 0.364 e. The molecule has 0 aliphatic heterocycles. The highest BCUT2D eigenvalue weighted by atomic mass is 32.1. The summed E-state index contributed by atoms with van der Waals surface area (Å²) >= 11 is 2.50. The van der Waals surface area contributed by atoms with Crippen LogP contribution in [0.15, 0.2) is 22.9 Å². The highest BCUT2D eigenvalue weighted by Crippen LogP contribution is 2.17. The third-order valence-electron chi connectivity index (χ3n) is 1.72. The molecule has 0 fully saturated rings. The zero-order valence-corrected chi connectivity index (χ0v) is 9.60. The minimum Gasteiger partial charge on any atom is -0.364 e. The van der Waals surface area contributed by atoms with Gasteiger partial charge in [-0.15, -0.1) is 22.7 Å². The van der Waals surface area contributed by atoms with Crippen molar-refractivity contribution in [3.05, 3.63) is 33.5 Å². The molecule has 2 aromatic heterocycles. The molecule has 0 bridgehead atoms. The lowest BCUT2D eigenvalue weighted by Gasteiger charge is -1.97. The molecule has 0 unspecified atom stereocenters. The quantitative estimate of drug-likeness (QED) is 0.870. The maximum atomic E-state index is 11.6. The van der Waals surface area contributed by atoms with Gasteiger partial charge in [-0.3, -0.25) is 14.9 Å². The Morgan fingerprint density at radius 3 is 2.75 bits per heavy atom. The van der Waals surface area contributed by atoms with Gasteiger partial charge in [0.15, 0.2) is 5.13 Å². The predicted molar refractivity (Wildman–Crippen MR) is 62.9 cm³/mol. The number of carbonyl (C=O) groups excluding carboxylic acids is 2. The summed E-state index contributed by atoms with van der Waals surface area (Å²) < 4.78 is 0. The SMILES string of the molecule is NC(=O)c1csc(NC(=O)c2cccs2)n1. The Balaban J connectivity index is 2.09. The minimum atomic E-state index is -0.604. The number of rotatable bonds is 3. The van der Waals surface area contributed by atoms with Gasteiger partial charge < -0.3 is 5.73 Å². The fourth-order valence-corrected chi connectivity index (χ4v) is 2.32. The molecule has 2 rings (SSSR count). The summed E-state index contributed by atoms with van der Waals surface area (Å²) in [5.74, 6) is -0.840. The fourth-order valence-electron chi connectivity index (χ4n) is 1.01. The van der Waals surface area contributed by atoms with E-state index in [9.17, 15) is 9.59 Å². The lowest BCUT2D eigenvalue weighted by molar-refractivity contribution is 0.0992. The molecule has 0 spiro atoms. The molecule has 2 amide bonds. The molecule has 7 heteroatoms. The van der Waals surface area contributed by atoms with E-state index in [1.807, 2.05) is 5.38 Å². The summed E-state index contributed by atoms with van der Waals surface area (Å²) in [6, 6.07) is 3.50. The molecule has 5 nitrogen and oxygen atoms in total. The standard InChI is InChI=1S/C9H7N3O2S2/c10-7(13)5-4-16-9(11-5)12-8(14)6-2-1-3-15-6/h1-4H,(H2,10,13)(H,11,12,14). The van der Waals surface area contributed by atoms with Crippen LogP contribution in [0.4, 0.5) is 5.13 Å². The van der Waals surface area contributed by atoms with Gasteiger partial charge in [-0.1, -0.05) is 6.07 Å². The van der Waals surface area contributed by atoms with Crippen LogP contribution in [0, 0.1) is 0 Å². The Morgan fingerprint density at radius 2 is 2.19 bits per heavy atom. The van der Waals surface area contributed by atoms with E-state index >= 15 is 0 Å². The molecule has 0 atom stereocenters. The second-order valence-corrected chi connectivity index (χ2v) is 4.64. The summed E-state index contributed by atoms with van der Waals surface area (Å²) in [5.41, 5.74) is 5.21. The third-order valence-corrected chi connectivity index (χ3v) is 3.35. The number of anilines is 1. The van der Waals surface area contributed by atoms with Crippen LogP contribution in [0.2, 0.25) is 0 Å². The predicted octanol–water partition coefficient (Wildman–Crippen LogP) is 1.56. The Labute approximate surface area is 98.9 Å². The van der Waals surface area contributed by atoms with Crippen molar-refractivity contribution in [3.63, 3.8) is 0 Å². The topological polar surface area (TPSA) is 85.1 Å². The van der Waals surface area contributed by atoms with Gasteiger partial charge in [0.2, 0.25) is 0 Å². The van der Waals surface area contributed by atoms with Crippen molar-refractivity contribution in [2.45, 2.75) is 0 Å². The molecule has 2 heterocycles. The van der Waals surface area contributed by atoms with Gasteiger partial charge in [-0.05, 0) is 11.4 Å². The lowest BCUT2D eigenvalue weighted by Crippen LogP contribution is -2.13. The molecule has 0 saturated carbocycles. The average Bonchev–Trinajstić information content (AvgIpc) is 2.87. The molecule has 0 aromatic carbocycles. The first-order valence-electron chi connectivity index (χ1n) is 4.27. The molecule has 0 aliphatic rings. The van der Waals surface area contributed by atoms with Crippen LogP contribution in [0.5, 0.6) is 0 Å². The van der Waals surface area contributed by atoms with Crippen molar-refractivity contribution >= 4 is 39.6 Å². The van der Waals surface area contributed by atoms with E-state index in [0.29, 0.717) is 10.0 Å². The first-order valence-corrected chi connectivity index (χ1v) is 6.03. The van der Waals surface area contributed by atoms with Crippen molar-refractivity contribution in [3.8, 4) is 0 Å². The second-order valence-electron chi connectivity index (χ2n) is 2.83. The van der Waals surface area contributed by atoms with Gasteiger partial charge in [0.05, 0.1) is 4.88 Å². The van der Waals surface area contributed by atoms with E-state index in [1.165, 1.54) is 16.7 Å². The maximum Gasteiger partial charge on any atom is 0.268 e. The number of aromatic nitrogens is 1. The van der Waals surface area contributed by atoms with Crippen LogP contribution in [0.25, 0.3) is 0 Å². The first kappa shape index (κ1) is 10.8. The van der Waals surface area contributed by atoms with Crippen LogP contribution in [0.3, 0.4) is 0 Å². The second kappa shape index (κ2) is 4.42. The Kier molecular flexibility index (Phi) is 2.97. The van der Waals surface area contributed by atoms with Gasteiger partial charge in [0, 0.05) is 5.38 Å². The van der Waals surface area contributed by atoms with E-state index in [-0.39, 0.29) is 11.6 Å². The van der Waals surface area contributed by atoms with Gasteiger partial charge >= 0.3 is 0 Å². The Morgan fingerprint density at radius 1 is 1.38 bits per heavy atom. The fraction of sp³-hybridized carbons (Fsp3) is 0. The van der Waals surface area contributed by atoms with E-state index in [2.05, 4.69) is 10.3 Å². The molecule has 16 heavy (non-hydrogen) atoms. The number of thiazole rings is 1. The summed E-state index contributed by atoms with van der Waals surface area (Å²) in [5, 5.41) is 6.28. The van der Waals surface area contributed by atoms with Crippen molar-refractivity contribution in [2.75, 3.05) is 5.32 Å². The number of nitrogens with one attached hydrogen (secondary N) is 1. The summed E-state index contributed by atoms with van der Waals surface area (Å²) in [4.78, 5) is 26.9. The number of primary amides is 1. The van der Waals surface area contributed by atoms with E-state index < -0.39 is 5.91 Å². The molecule has 0 saturated heterocycles. The molecular formula is C9H7N3O2S2. The normalized spacial score (nSPS) is 10.0. The number of hydrogen-bond donors (Lipinski definition) is 2. The first-order chi connectivity index (χ1) is 7.66. The summed E-state index contributed by atoms with van der Waals surface area (Å²) in [6.45, 7) is 0. The number of hydrogen-bond acceptors (Lipinski definition) is 5. The Hall–Kier alpha value is -1.73. The maximum absolute atomic E-state index is 11.6. The monoisotopic (exact) mass is 253 g/mol. The zero-order valence-electron chi connectivity index (χ0n) is 7.97. The van der Waals surface area contributed by atoms with Crippen LogP contribution in [-0.4, -0.2) is 16.8 Å². The van der Waals surface area contributed by atoms with E-state index in [1.54, 1.807) is 12.1 Å². The van der Waals surface area contributed by atoms with Crippen molar-refractivity contribution in [1.29, 1.82) is 0 Å². The number of carbonyl (C=O) groups is 2. The van der Waals surface area contributed by atoms with Crippen molar-refractivity contribution < 1.29 is 9.59 Å². The van der Waals surface area contributed by atoms with Gasteiger partial charge in [-0.25, -0.2) is 4.98 Å². The van der Waals surface area contributed by atoms with Crippen molar-refractivity contribution in [2.24, 2.45) is 5.73 Å². The summed E-state index contributed by atoms with van der Waals surface area (Å²) in [7, 11) is 0. The molecular weight excluding hydrogens is 246 g/mol. The summed E-state index contributed by atoms with van der Waals surface area (Å²) in [6.07, 6.45) is 0. The van der Waals surface area contributed by atoms with Crippen LogP contribution >= 0.6 is 22.7 Å². The smallest absolute Gasteiger partial charge is 0.268 e. The highest BCUT2D eigenvalue weighted by Gasteiger charge is 2.11. The van der Waals surface area contributed by atoms with Gasteiger partial charge in [0.1, 0.15) is 5.69 Å². The number of thiophene rings is 1. The average molecular weight is 253 g/mol. The molecule has 0 aliphatic carbocycles. The molecule has 82 valence electrons. The minimum absolute atomic E-state index is 0.159. The van der Waals surface area contributed by atoms with Gasteiger partial charge in [-0.2, -0.15) is 0 Å². The van der Waals surface area contributed by atoms with Gasteiger partial charge in [0.25, 0.3) is 11.8 Å². The number of amides is 2. The molecule has 0 radical (unpaired) electrons. The van der Waals surface area contributed by atoms with E-state index in [4.69, 9.17) is 5.73 Å². The number of nitrogens with zero attached hydrogens (tertiary/aromatic N) is 1.